The molecule has 3 rings (SSSR count). The van der Waals surface area contributed by atoms with Crippen LogP contribution in [0.25, 0.3) is 0 Å². The van der Waals surface area contributed by atoms with Crippen molar-refractivity contribution in [3.63, 3.8) is 0 Å². The number of thioether (sulfide) groups is 1. The van der Waals surface area contributed by atoms with Gasteiger partial charge in [0.05, 0.1) is 11.3 Å². The van der Waals surface area contributed by atoms with Gasteiger partial charge in [-0.3, -0.25) is 4.79 Å². The van der Waals surface area contributed by atoms with Crippen LogP contribution in [0.1, 0.15) is 32.9 Å². The van der Waals surface area contributed by atoms with Crippen LogP contribution in [0.4, 0.5) is 0 Å². The largest absolute Gasteiger partial charge is 0.508 e. The number of aromatic nitrogens is 2. The highest BCUT2D eigenvalue weighted by Gasteiger charge is 2.15. The SMILES string of the molecule is Cc1noc(C)c1CSc1ncccc1C(=O)NCc1ccc(O)cc1. The van der Waals surface area contributed by atoms with Gasteiger partial charge in [-0.15, -0.1) is 11.8 Å². The maximum Gasteiger partial charge on any atom is 0.254 e. The number of rotatable bonds is 6. The molecule has 0 aliphatic rings. The van der Waals surface area contributed by atoms with Crippen LogP contribution in [0.5, 0.6) is 5.75 Å². The molecule has 0 saturated carbocycles. The third kappa shape index (κ3) is 4.23. The van der Waals surface area contributed by atoms with Crippen LogP contribution in [0.15, 0.2) is 52.1 Å². The van der Waals surface area contributed by atoms with Gasteiger partial charge in [-0.2, -0.15) is 0 Å². The van der Waals surface area contributed by atoms with Crippen molar-refractivity contribution < 1.29 is 14.4 Å². The molecule has 3 aromatic rings. The van der Waals surface area contributed by atoms with E-state index in [4.69, 9.17) is 4.52 Å². The fourth-order valence-corrected chi connectivity index (χ4v) is 3.56. The van der Waals surface area contributed by atoms with Gasteiger partial charge in [0, 0.05) is 24.1 Å². The summed E-state index contributed by atoms with van der Waals surface area (Å²) in [5, 5.41) is 16.8. The lowest BCUT2D eigenvalue weighted by Gasteiger charge is -2.09. The van der Waals surface area contributed by atoms with E-state index < -0.39 is 0 Å². The molecule has 2 aromatic heterocycles. The molecule has 2 heterocycles. The summed E-state index contributed by atoms with van der Waals surface area (Å²) in [5.41, 5.74) is 3.31. The van der Waals surface area contributed by atoms with Crippen LogP contribution >= 0.6 is 11.8 Å². The van der Waals surface area contributed by atoms with E-state index in [1.165, 1.54) is 11.8 Å². The molecule has 7 heteroatoms. The van der Waals surface area contributed by atoms with Gasteiger partial charge in [0.25, 0.3) is 5.91 Å². The highest BCUT2D eigenvalue weighted by molar-refractivity contribution is 7.98. The minimum Gasteiger partial charge on any atom is -0.508 e. The van der Waals surface area contributed by atoms with E-state index >= 15 is 0 Å². The van der Waals surface area contributed by atoms with Crippen molar-refractivity contribution in [2.45, 2.75) is 31.2 Å². The Hall–Kier alpha value is -2.80. The quantitative estimate of drug-likeness (QED) is 0.645. The number of nitrogens with one attached hydrogen (secondary N) is 1. The fourth-order valence-electron chi connectivity index (χ4n) is 2.42. The Morgan fingerprint density at radius 3 is 2.69 bits per heavy atom. The van der Waals surface area contributed by atoms with Crippen LogP contribution in [0.2, 0.25) is 0 Å². The summed E-state index contributed by atoms with van der Waals surface area (Å²) >= 11 is 1.48. The average Bonchev–Trinajstić information content (AvgIpc) is 2.97. The summed E-state index contributed by atoms with van der Waals surface area (Å²) in [6.45, 7) is 4.15. The normalized spacial score (nSPS) is 10.7. The summed E-state index contributed by atoms with van der Waals surface area (Å²) in [5.74, 6) is 1.43. The van der Waals surface area contributed by atoms with E-state index in [1.54, 1.807) is 42.6 Å². The zero-order chi connectivity index (χ0) is 18.5. The van der Waals surface area contributed by atoms with E-state index in [0.717, 1.165) is 22.6 Å². The second kappa shape index (κ2) is 8.05. The highest BCUT2D eigenvalue weighted by atomic mass is 32.2. The Balaban J connectivity index is 1.67. The van der Waals surface area contributed by atoms with Gasteiger partial charge < -0.3 is 14.9 Å². The van der Waals surface area contributed by atoms with Crippen molar-refractivity contribution in [2.24, 2.45) is 0 Å². The van der Waals surface area contributed by atoms with Crippen LogP contribution in [-0.4, -0.2) is 21.2 Å². The Kier molecular flexibility index (Phi) is 5.58. The number of phenols is 1. The van der Waals surface area contributed by atoms with Gasteiger partial charge in [-0.1, -0.05) is 17.3 Å². The first-order chi connectivity index (χ1) is 12.5. The Morgan fingerprint density at radius 1 is 1.23 bits per heavy atom. The molecule has 134 valence electrons. The molecule has 0 fully saturated rings. The number of hydrogen-bond acceptors (Lipinski definition) is 6. The molecule has 1 aromatic carbocycles. The predicted molar refractivity (Wildman–Crippen MR) is 99.1 cm³/mol. The summed E-state index contributed by atoms with van der Waals surface area (Å²) in [4.78, 5) is 16.9. The number of amides is 1. The van der Waals surface area contributed by atoms with Crippen molar-refractivity contribution in [1.29, 1.82) is 0 Å². The third-order valence-corrected chi connectivity index (χ3v) is 4.97. The molecule has 0 aliphatic carbocycles. The van der Waals surface area contributed by atoms with Crippen molar-refractivity contribution in [1.82, 2.24) is 15.5 Å². The molecular weight excluding hydrogens is 350 g/mol. The number of aromatic hydroxyl groups is 1. The summed E-state index contributed by atoms with van der Waals surface area (Å²) in [6.07, 6.45) is 1.67. The Morgan fingerprint density at radius 2 is 2.00 bits per heavy atom. The fraction of sp³-hybridized carbons (Fsp3) is 0.211. The van der Waals surface area contributed by atoms with Gasteiger partial charge in [0.1, 0.15) is 16.5 Å². The summed E-state index contributed by atoms with van der Waals surface area (Å²) in [6, 6.07) is 10.2. The summed E-state index contributed by atoms with van der Waals surface area (Å²) < 4.78 is 5.18. The molecule has 6 nitrogen and oxygen atoms in total. The number of benzene rings is 1. The van der Waals surface area contributed by atoms with Gasteiger partial charge in [-0.05, 0) is 43.7 Å². The van der Waals surface area contributed by atoms with E-state index in [0.29, 0.717) is 22.9 Å². The van der Waals surface area contributed by atoms with Crippen LogP contribution in [-0.2, 0) is 12.3 Å². The molecular formula is C19H19N3O3S. The number of carbonyl (C=O) groups is 1. The monoisotopic (exact) mass is 369 g/mol. The lowest BCUT2D eigenvalue weighted by Crippen LogP contribution is -2.23. The highest BCUT2D eigenvalue weighted by Crippen LogP contribution is 2.27. The molecule has 0 atom stereocenters. The van der Waals surface area contributed by atoms with Crippen LogP contribution in [0.3, 0.4) is 0 Å². The van der Waals surface area contributed by atoms with E-state index in [1.807, 2.05) is 13.8 Å². The lowest BCUT2D eigenvalue weighted by atomic mass is 10.2. The zero-order valence-electron chi connectivity index (χ0n) is 14.5. The smallest absolute Gasteiger partial charge is 0.254 e. The Labute approximate surface area is 155 Å². The number of pyridine rings is 1. The van der Waals surface area contributed by atoms with Crippen molar-refractivity contribution in [2.75, 3.05) is 0 Å². The average molecular weight is 369 g/mol. The van der Waals surface area contributed by atoms with Crippen molar-refractivity contribution >= 4 is 17.7 Å². The molecule has 2 N–H and O–H groups in total. The minimum absolute atomic E-state index is 0.188. The van der Waals surface area contributed by atoms with E-state index in [-0.39, 0.29) is 11.7 Å². The summed E-state index contributed by atoms with van der Waals surface area (Å²) in [7, 11) is 0. The first-order valence-corrected chi connectivity index (χ1v) is 9.09. The van der Waals surface area contributed by atoms with Crippen molar-refractivity contribution in [3.8, 4) is 5.75 Å². The lowest BCUT2D eigenvalue weighted by molar-refractivity contribution is 0.0947. The number of hydrogen-bond donors (Lipinski definition) is 2. The third-order valence-electron chi connectivity index (χ3n) is 3.94. The van der Waals surface area contributed by atoms with E-state index in [2.05, 4.69) is 15.5 Å². The number of carbonyl (C=O) groups excluding carboxylic acids is 1. The minimum atomic E-state index is -0.188. The van der Waals surface area contributed by atoms with Crippen LogP contribution < -0.4 is 5.32 Å². The van der Waals surface area contributed by atoms with Gasteiger partial charge in [0.15, 0.2) is 0 Å². The maximum atomic E-state index is 12.6. The molecule has 0 radical (unpaired) electrons. The van der Waals surface area contributed by atoms with Gasteiger partial charge >= 0.3 is 0 Å². The molecule has 1 amide bonds. The van der Waals surface area contributed by atoms with Gasteiger partial charge in [-0.25, -0.2) is 4.98 Å². The molecule has 0 aliphatic heterocycles. The maximum absolute atomic E-state index is 12.6. The number of phenolic OH excluding ortho intramolecular Hbond substituents is 1. The zero-order valence-corrected chi connectivity index (χ0v) is 15.3. The van der Waals surface area contributed by atoms with Crippen LogP contribution in [0, 0.1) is 13.8 Å². The predicted octanol–water partition coefficient (Wildman–Crippen LogP) is 3.61. The van der Waals surface area contributed by atoms with E-state index in [9.17, 15) is 9.90 Å². The molecule has 0 saturated heterocycles. The molecule has 26 heavy (non-hydrogen) atoms. The molecule has 0 bridgehead atoms. The second-order valence-corrected chi connectivity index (χ2v) is 6.76. The second-order valence-electron chi connectivity index (χ2n) is 5.80. The first-order valence-electron chi connectivity index (χ1n) is 8.10. The molecule has 0 unspecified atom stereocenters. The number of nitrogens with zero attached hydrogens (tertiary/aromatic N) is 2. The van der Waals surface area contributed by atoms with Crippen molar-refractivity contribution in [3.05, 3.63) is 70.7 Å². The number of aryl methyl sites for hydroxylation is 2. The van der Waals surface area contributed by atoms with Gasteiger partial charge in [0.2, 0.25) is 0 Å². The first kappa shape index (κ1) is 18.0. The standard InChI is InChI=1S/C19H19N3O3S/c1-12-17(13(2)25-22-12)11-26-19-16(4-3-9-20-19)18(24)21-10-14-5-7-15(23)8-6-14/h3-9,23H,10-11H2,1-2H3,(H,21,24). The molecule has 0 spiro atoms. The Bertz CT molecular complexity index is 887. The topological polar surface area (TPSA) is 88.2 Å².